The van der Waals surface area contributed by atoms with Crippen LogP contribution in [0.2, 0.25) is 0 Å². The fourth-order valence-electron chi connectivity index (χ4n) is 3.83. The molecule has 2 aromatic heterocycles. The fourth-order valence-corrected chi connectivity index (χ4v) is 4.93. The second-order valence-corrected chi connectivity index (χ2v) is 8.19. The molecule has 6 nitrogen and oxygen atoms in total. The first-order chi connectivity index (χ1) is 13.6. The summed E-state index contributed by atoms with van der Waals surface area (Å²) in [7, 11) is 1.74. The first-order valence-corrected chi connectivity index (χ1v) is 10.6. The van der Waals surface area contributed by atoms with Gasteiger partial charge in [0.15, 0.2) is 10.3 Å². The highest BCUT2D eigenvalue weighted by atomic mass is 32.1. The van der Waals surface area contributed by atoms with E-state index in [1.807, 2.05) is 30.0 Å². The molecular formula is C21H24N4O2S. The standard InChI is InChI=1S/C21H24N4O2S/c1-3-16-22-20-18(21(27)24(16)2)23-19(28-20)15-10-7-13-25(15)17(26)12-11-14-8-5-4-6-9-14/h4-6,8-9,15H,3,7,10-13H2,1-2H3/t15-/m1/s1. The lowest BCUT2D eigenvalue weighted by Gasteiger charge is -2.23. The van der Waals surface area contributed by atoms with Crippen LogP contribution in [0.15, 0.2) is 35.1 Å². The number of nitrogens with zero attached hydrogens (tertiary/aromatic N) is 4. The molecule has 0 radical (unpaired) electrons. The highest BCUT2D eigenvalue weighted by Crippen LogP contribution is 2.36. The first kappa shape index (κ1) is 18.8. The molecule has 146 valence electrons. The molecule has 1 atom stereocenters. The smallest absolute Gasteiger partial charge is 0.280 e. The third kappa shape index (κ3) is 3.46. The van der Waals surface area contributed by atoms with Crippen molar-refractivity contribution in [2.75, 3.05) is 6.54 Å². The largest absolute Gasteiger partial charge is 0.333 e. The number of carbonyl (C=O) groups excluding carboxylic acids is 1. The Bertz CT molecular complexity index is 1060. The Morgan fingerprint density at radius 1 is 1.25 bits per heavy atom. The van der Waals surface area contributed by atoms with Crippen LogP contribution < -0.4 is 5.56 Å². The zero-order valence-corrected chi connectivity index (χ0v) is 17.0. The molecule has 3 heterocycles. The number of thiazole rings is 1. The Hall–Kier alpha value is -2.54. The highest BCUT2D eigenvalue weighted by Gasteiger charge is 2.32. The van der Waals surface area contributed by atoms with Gasteiger partial charge in [-0.2, -0.15) is 0 Å². The van der Waals surface area contributed by atoms with E-state index in [9.17, 15) is 9.59 Å². The molecule has 0 unspecified atom stereocenters. The number of carbonyl (C=O) groups is 1. The van der Waals surface area contributed by atoms with Crippen molar-refractivity contribution in [3.63, 3.8) is 0 Å². The number of hydrogen-bond acceptors (Lipinski definition) is 5. The predicted molar refractivity (Wildman–Crippen MR) is 110 cm³/mol. The third-order valence-corrected chi connectivity index (χ3v) is 6.45. The summed E-state index contributed by atoms with van der Waals surface area (Å²) in [5, 5.41) is 0.832. The van der Waals surface area contributed by atoms with E-state index in [1.165, 1.54) is 16.9 Å². The van der Waals surface area contributed by atoms with Crippen molar-refractivity contribution in [2.45, 2.75) is 45.1 Å². The number of benzene rings is 1. The highest BCUT2D eigenvalue weighted by molar-refractivity contribution is 7.18. The third-order valence-electron chi connectivity index (χ3n) is 5.40. The monoisotopic (exact) mass is 396 g/mol. The van der Waals surface area contributed by atoms with Crippen molar-refractivity contribution in [3.8, 4) is 0 Å². The summed E-state index contributed by atoms with van der Waals surface area (Å²) in [5.74, 6) is 0.913. The summed E-state index contributed by atoms with van der Waals surface area (Å²) >= 11 is 1.45. The fraction of sp³-hybridized carbons (Fsp3) is 0.429. The zero-order valence-electron chi connectivity index (χ0n) is 16.2. The van der Waals surface area contributed by atoms with Crippen LogP contribution >= 0.6 is 11.3 Å². The lowest BCUT2D eigenvalue weighted by molar-refractivity contribution is -0.132. The summed E-state index contributed by atoms with van der Waals surface area (Å²) < 4.78 is 1.57. The minimum Gasteiger partial charge on any atom is -0.333 e. The average molecular weight is 397 g/mol. The quantitative estimate of drug-likeness (QED) is 0.664. The van der Waals surface area contributed by atoms with Gasteiger partial charge in [-0.1, -0.05) is 48.6 Å². The van der Waals surface area contributed by atoms with Gasteiger partial charge in [-0.15, -0.1) is 0 Å². The van der Waals surface area contributed by atoms with Gasteiger partial charge in [0, 0.05) is 26.4 Å². The van der Waals surface area contributed by atoms with Crippen LogP contribution in [-0.2, 0) is 24.7 Å². The van der Waals surface area contributed by atoms with Gasteiger partial charge >= 0.3 is 0 Å². The minimum atomic E-state index is -0.107. The molecule has 1 aliphatic heterocycles. The normalized spacial score (nSPS) is 16.8. The number of amides is 1. The van der Waals surface area contributed by atoms with E-state index in [1.54, 1.807) is 11.6 Å². The lowest BCUT2D eigenvalue weighted by atomic mass is 10.1. The molecule has 1 fully saturated rings. The maximum atomic E-state index is 12.9. The van der Waals surface area contributed by atoms with Crippen molar-refractivity contribution in [2.24, 2.45) is 7.05 Å². The number of fused-ring (bicyclic) bond motifs is 1. The Morgan fingerprint density at radius 3 is 2.79 bits per heavy atom. The van der Waals surface area contributed by atoms with Gasteiger partial charge in [0.25, 0.3) is 5.56 Å². The summed E-state index contributed by atoms with van der Waals surface area (Å²) in [5.41, 5.74) is 1.49. The predicted octanol–water partition coefficient (Wildman–Crippen LogP) is 3.25. The van der Waals surface area contributed by atoms with E-state index in [0.29, 0.717) is 23.2 Å². The van der Waals surface area contributed by atoms with E-state index in [-0.39, 0.29) is 17.5 Å². The molecule has 0 N–H and O–H groups in total. The Labute approximate surface area is 167 Å². The van der Waals surface area contributed by atoms with Crippen LogP contribution in [-0.4, -0.2) is 31.9 Å². The first-order valence-electron chi connectivity index (χ1n) is 9.78. The molecule has 7 heteroatoms. The summed E-state index contributed by atoms with van der Waals surface area (Å²) in [4.78, 5) is 37.3. The summed E-state index contributed by atoms with van der Waals surface area (Å²) in [6.45, 7) is 2.74. The summed E-state index contributed by atoms with van der Waals surface area (Å²) in [6, 6.07) is 10.0. The second kappa shape index (κ2) is 7.83. The lowest BCUT2D eigenvalue weighted by Crippen LogP contribution is -2.30. The van der Waals surface area contributed by atoms with Crippen molar-refractivity contribution in [1.29, 1.82) is 0 Å². The van der Waals surface area contributed by atoms with Crippen LogP contribution in [0.5, 0.6) is 0 Å². The van der Waals surface area contributed by atoms with E-state index in [4.69, 9.17) is 0 Å². The molecule has 1 saturated heterocycles. The molecule has 1 aromatic carbocycles. The van der Waals surface area contributed by atoms with Gasteiger partial charge in [-0.05, 0) is 24.8 Å². The number of hydrogen-bond donors (Lipinski definition) is 0. The molecule has 0 saturated carbocycles. The molecule has 3 aromatic rings. The van der Waals surface area contributed by atoms with Gasteiger partial charge in [0.05, 0.1) is 6.04 Å². The molecular weight excluding hydrogens is 372 g/mol. The van der Waals surface area contributed by atoms with Crippen LogP contribution in [0.1, 0.15) is 48.6 Å². The average Bonchev–Trinajstić information content (AvgIpc) is 3.36. The van der Waals surface area contributed by atoms with Gasteiger partial charge in [0.2, 0.25) is 5.91 Å². The zero-order chi connectivity index (χ0) is 19.7. The van der Waals surface area contributed by atoms with Crippen molar-refractivity contribution < 1.29 is 4.79 Å². The van der Waals surface area contributed by atoms with Gasteiger partial charge < -0.3 is 4.90 Å². The number of aromatic nitrogens is 3. The number of rotatable bonds is 5. The molecule has 4 rings (SSSR count). The molecule has 1 amide bonds. The molecule has 0 spiro atoms. The Balaban J connectivity index is 1.57. The van der Waals surface area contributed by atoms with Crippen molar-refractivity contribution >= 4 is 27.6 Å². The van der Waals surface area contributed by atoms with Gasteiger partial charge in [0.1, 0.15) is 10.8 Å². The topological polar surface area (TPSA) is 68.1 Å². The van der Waals surface area contributed by atoms with Gasteiger partial charge in [-0.25, -0.2) is 9.97 Å². The van der Waals surface area contributed by atoms with E-state index >= 15 is 0 Å². The van der Waals surface area contributed by atoms with Crippen LogP contribution in [0.4, 0.5) is 0 Å². The van der Waals surface area contributed by atoms with Crippen LogP contribution in [0.25, 0.3) is 10.3 Å². The summed E-state index contributed by atoms with van der Waals surface area (Å²) in [6.07, 6.45) is 3.78. The Kier molecular flexibility index (Phi) is 5.26. The van der Waals surface area contributed by atoms with Crippen LogP contribution in [0.3, 0.4) is 0 Å². The molecule has 0 bridgehead atoms. The van der Waals surface area contributed by atoms with E-state index < -0.39 is 0 Å². The molecule has 0 aliphatic carbocycles. The minimum absolute atomic E-state index is 0.0442. The SMILES string of the molecule is CCc1nc2sc([C@H]3CCCN3C(=O)CCc3ccccc3)nc2c(=O)n1C. The van der Waals surface area contributed by atoms with E-state index in [2.05, 4.69) is 22.1 Å². The van der Waals surface area contributed by atoms with Crippen molar-refractivity contribution in [3.05, 3.63) is 57.1 Å². The maximum Gasteiger partial charge on any atom is 0.280 e. The van der Waals surface area contributed by atoms with E-state index in [0.717, 1.165) is 36.6 Å². The van der Waals surface area contributed by atoms with Crippen LogP contribution in [0, 0.1) is 0 Å². The molecule has 1 aliphatic rings. The second-order valence-electron chi connectivity index (χ2n) is 7.18. The number of likely N-dealkylation sites (tertiary alicyclic amines) is 1. The van der Waals surface area contributed by atoms with Crippen molar-refractivity contribution in [1.82, 2.24) is 19.4 Å². The molecule has 28 heavy (non-hydrogen) atoms. The number of aryl methyl sites for hydroxylation is 2. The van der Waals surface area contributed by atoms with Gasteiger partial charge in [-0.3, -0.25) is 14.2 Å². The maximum absolute atomic E-state index is 12.9. The Morgan fingerprint density at radius 2 is 2.04 bits per heavy atom.